The third-order valence-electron chi connectivity index (χ3n) is 3.46. The Kier molecular flexibility index (Phi) is 4.59. The quantitative estimate of drug-likeness (QED) is 0.804. The Bertz CT molecular complexity index is 284. The summed E-state index contributed by atoms with van der Waals surface area (Å²) in [5.41, 5.74) is 0. The highest BCUT2D eigenvalue weighted by atomic mass is 32.2. The van der Waals surface area contributed by atoms with Crippen molar-refractivity contribution in [1.82, 2.24) is 0 Å². The minimum atomic E-state index is -3.05. The lowest BCUT2D eigenvalue weighted by molar-refractivity contribution is 0.0618. The highest BCUT2D eigenvalue weighted by Crippen LogP contribution is 2.34. The van der Waals surface area contributed by atoms with Crippen molar-refractivity contribution in [3.63, 3.8) is 0 Å². The summed E-state index contributed by atoms with van der Waals surface area (Å²) in [6, 6.07) is 0. The van der Waals surface area contributed by atoms with Gasteiger partial charge in [-0.05, 0) is 18.3 Å². The lowest BCUT2D eigenvalue weighted by atomic mass is 9.75. The van der Waals surface area contributed by atoms with Crippen LogP contribution in [0.2, 0.25) is 0 Å². The number of hydrogen-bond donors (Lipinski definition) is 1. The van der Waals surface area contributed by atoms with Crippen molar-refractivity contribution in [3.8, 4) is 0 Å². The molecule has 0 aromatic heterocycles. The van der Waals surface area contributed by atoms with Crippen LogP contribution in [0.3, 0.4) is 0 Å². The zero-order chi connectivity index (χ0) is 11.5. The fourth-order valence-electron chi connectivity index (χ4n) is 2.68. The molecule has 3 nitrogen and oxygen atoms in total. The van der Waals surface area contributed by atoms with Crippen LogP contribution >= 0.6 is 0 Å². The summed E-state index contributed by atoms with van der Waals surface area (Å²) in [6.07, 6.45) is 6.05. The molecule has 1 aliphatic carbocycles. The maximum Gasteiger partial charge on any atom is 0.150 e. The van der Waals surface area contributed by atoms with Crippen molar-refractivity contribution >= 4 is 9.84 Å². The molecule has 90 valence electrons. The first kappa shape index (κ1) is 13.0. The zero-order valence-corrected chi connectivity index (χ0v) is 10.5. The molecule has 0 saturated heterocycles. The molecular weight excluding hydrogens is 212 g/mol. The van der Waals surface area contributed by atoms with E-state index in [1.807, 2.05) is 0 Å². The van der Waals surface area contributed by atoms with Gasteiger partial charge < -0.3 is 5.11 Å². The molecule has 4 heteroatoms. The number of rotatable bonds is 4. The Morgan fingerprint density at radius 1 is 1.33 bits per heavy atom. The second kappa shape index (κ2) is 5.30. The minimum absolute atomic E-state index is 0.0752. The molecule has 0 amide bonds. The van der Waals surface area contributed by atoms with Crippen molar-refractivity contribution in [2.45, 2.75) is 45.1 Å². The molecule has 0 bridgehead atoms. The molecule has 0 spiro atoms. The minimum Gasteiger partial charge on any atom is -0.392 e. The molecule has 0 aromatic carbocycles. The highest BCUT2D eigenvalue weighted by molar-refractivity contribution is 7.90. The average Bonchev–Trinajstić information content (AvgIpc) is 2.15. The largest absolute Gasteiger partial charge is 0.392 e. The molecule has 0 aliphatic heterocycles. The van der Waals surface area contributed by atoms with E-state index in [-0.39, 0.29) is 11.7 Å². The predicted molar refractivity (Wildman–Crippen MR) is 61.5 cm³/mol. The fourth-order valence-corrected chi connectivity index (χ4v) is 3.55. The molecule has 1 rings (SSSR count). The van der Waals surface area contributed by atoms with Crippen LogP contribution in [-0.2, 0) is 9.84 Å². The van der Waals surface area contributed by atoms with Crippen molar-refractivity contribution in [1.29, 1.82) is 0 Å². The Morgan fingerprint density at radius 3 is 2.47 bits per heavy atom. The second-order valence-electron chi connectivity index (χ2n) is 4.78. The van der Waals surface area contributed by atoms with Crippen molar-refractivity contribution in [3.05, 3.63) is 0 Å². The number of hydrogen-bond acceptors (Lipinski definition) is 3. The number of aliphatic hydroxyl groups is 1. The standard InChI is InChI=1S/C11H22O3S/c1-3-9-6-4-5-7-10(9)11(12)8-15(2,13)14/h9-12H,3-8H2,1-2H3. The van der Waals surface area contributed by atoms with Gasteiger partial charge in [-0.2, -0.15) is 0 Å². The highest BCUT2D eigenvalue weighted by Gasteiger charge is 2.31. The molecule has 0 heterocycles. The van der Waals surface area contributed by atoms with Crippen LogP contribution in [-0.4, -0.2) is 31.6 Å². The summed E-state index contributed by atoms with van der Waals surface area (Å²) < 4.78 is 22.2. The molecule has 0 aromatic rings. The van der Waals surface area contributed by atoms with Gasteiger partial charge in [-0.1, -0.05) is 32.6 Å². The van der Waals surface area contributed by atoms with Crippen LogP contribution in [0.4, 0.5) is 0 Å². The molecule has 3 unspecified atom stereocenters. The molecule has 0 radical (unpaired) electrons. The summed E-state index contributed by atoms with van der Waals surface area (Å²) in [5, 5.41) is 9.93. The summed E-state index contributed by atoms with van der Waals surface area (Å²) in [7, 11) is -3.05. The second-order valence-corrected chi connectivity index (χ2v) is 6.96. The van der Waals surface area contributed by atoms with Crippen molar-refractivity contribution in [2.24, 2.45) is 11.8 Å². The number of aliphatic hydroxyl groups excluding tert-OH is 1. The molecule has 3 atom stereocenters. The Morgan fingerprint density at radius 2 is 1.93 bits per heavy atom. The van der Waals surface area contributed by atoms with Gasteiger partial charge in [0.25, 0.3) is 0 Å². The normalized spacial score (nSPS) is 30.1. The lowest BCUT2D eigenvalue weighted by Gasteiger charge is -2.34. The molecule has 1 fully saturated rings. The Labute approximate surface area is 92.8 Å². The maximum absolute atomic E-state index is 11.1. The van der Waals surface area contributed by atoms with Crippen LogP contribution in [0.5, 0.6) is 0 Å². The summed E-state index contributed by atoms with van der Waals surface area (Å²) >= 11 is 0. The van der Waals surface area contributed by atoms with E-state index in [4.69, 9.17) is 0 Å². The third kappa shape index (κ3) is 4.11. The van der Waals surface area contributed by atoms with Gasteiger partial charge in [0.15, 0.2) is 0 Å². The molecule has 1 aliphatic rings. The average molecular weight is 234 g/mol. The topological polar surface area (TPSA) is 54.4 Å². The van der Waals surface area contributed by atoms with Gasteiger partial charge in [-0.3, -0.25) is 0 Å². The Hall–Kier alpha value is -0.0900. The van der Waals surface area contributed by atoms with E-state index >= 15 is 0 Å². The fraction of sp³-hybridized carbons (Fsp3) is 1.00. The van der Waals surface area contributed by atoms with Crippen molar-refractivity contribution in [2.75, 3.05) is 12.0 Å². The van der Waals surface area contributed by atoms with Crippen LogP contribution in [0.25, 0.3) is 0 Å². The smallest absolute Gasteiger partial charge is 0.150 e. The number of sulfone groups is 1. The zero-order valence-electron chi connectivity index (χ0n) is 9.65. The molecule has 15 heavy (non-hydrogen) atoms. The van der Waals surface area contributed by atoms with E-state index in [9.17, 15) is 13.5 Å². The molecule has 1 saturated carbocycles. The monoisotopic (exact) mass is 234 g/mol. The molecule has 1 N–H and O–H groups in total. The predicted octanol–water partition coefficient (Wildman–Crippen LogP) is 1.61. The van der Waals surface area contributed by atoms with Gasteiger partial charge in [-0.15, -0.1) is 0 Å². The first-order chi connectivity index (χ1) is 6.94. The summed E-state index contributed by atoms with van der Waals surface area (Å²) in [6.45, 7) is 2.12. The van der Waals surface area contributed by atoms with Gasteiger partial charge in [0.05, 0.1) is 11.9 Å². The first-order valence-electron chi connectivity index (χ1n) is 5.80. The van der Waals surface area contributed by atoms with Gasteiger partial charge in [-0.25, -0.2) is 8.42 Å². The van der Waals surface area contributed by atoms with E-state index in [0.29, 0.717) is 5.92 Å². The van der Waals surface area contributed by atoms with E-state index in [1.54, 1.807) is 0 Å². The van der Waals surface area contributed by atoms with Crippen LogP contribution in [0.1, 0.15) is 39.0 Å². The lowest BCUT2D eigenvalue weighted by Crippen LogP contribution is -2.35. The van der Waals surface area contributed by atoms with E-state index < -0.39 is 15.9 Å². The first-order valence-corrected chi connectivity index (χ1v) is 7.86. The maximum atomic E-state index is 11.1. The summed E-state index contributed by atoms with van der Waals surface area (Å²) in [4.78, 5) is 0. The van der Waals surface area contributed by atoms with Crippen LogP contribution in [0.15, 0.2) is 0 Å². The van der Waals surface area contributed by atoms with Gasteiger partial charge in [0.1, 0.15) is 9.84 Å². The SMILES string of the molecule is CCC1CCCCC1C(O)CS(C)(=O)=O. The van der Waals surface area contributed by atoms with Gasteiger partial charge in [0.2, 0.25) is 0 Å². The van der Waals surface area contributed by atoms with Crippen LogP contribution in [0, 0.1) is 11.8 Å². The van der Waals surface area contributed by atoms with E-state index in [1.165, 1.54) is 12.7 Å². The van der Waals surface area contributed by atoms with Gasteiger partial charge >= 0.3 is 0 Å². The molecular formula is C11H22O3S. The van der Waals surface area contributed by atoms with E-state index in [2.05, 4.69) is 6.92 Å². The Balaban J connectivity index is 2.59. The van der Waals surface area contributed by atoms with Gasteiger partial charge in [0, 0.05) is 6.26 Å². The summed E-state index contributed by atoms with van der Waals surface area (Å²) in [5.74, 6) is 0.628. The van der Waals surface area contributed by atoms with Crippen LogP contribution < -0.4 is 0 Å². The third-order valence-corrected chi connectivity index (χ3v) is 4.41. The van der Waals surface area contributed by atoms with E-state index in [0.717, 1.165) is 25.7 Å². The van der Waals surface area contributed by atoms with Crippen molar-refractivity contribution < 1.29 is 13.5 Å².